The summed E-state index contributed by atoms with van der Waals surface area (Å²) in [5, 5.41) is 9.39. The predicted octanol–water partition coefficient (Wildman–Crippen LogP) is 3.07. The van der Waals surface area contributed by atoms with Crippen LogP contribution in [0.1, 0.15) is 17.2 Å². The molecule has 0 bridgehead atoms. The van der Waals surface area contributed by atoms with E-state index in [1.807, 2.05) is 11.0 Å². The van der Waals surface area contributed by atoms with Gasteiger partial charge >= 0.3 is 6.18 Å². The number of halogens is 3. The zero-order valence-corrected chi connectivity index (χ0v) is 12.2. The van der Waals surface area contributed by atoms with E-state index in [1.165, 1.54) is 12.1 Å². The van der Waals surface area contributed by atoms with Crippen LogP contribution in [-0.4, -0.2) is 42.5 Å². The Morgan fingerprint density at radius 3 is 2.23 bits per heavy atom. The monoisotopic (exact) mass is 309 g/mol. The van der Waals surface area contributed by atoms with E-state index in [4.69, 9.17) is 0 Å². The molecule has 1 saturated heterocycles. The van der Waals surface area contributed by atoms with Gasteiger partial charge in [0.15, 0.2) is 0 Å². The van der Waals surface area contributed by atoms with Gasteiger partial charge in [-0.1, -0.05) is 18.2 Å². The number of rotatable bonds is 4. The van der Waals surface area contributed by atoms with Gasteiger partial charge in [-0.2, -0.15) is 18.4 Å². The SMILES string of the molecule is C=CCN1CCN(C(C#N)c2ccc(C(F)(F)F)cc2)CC1. The molecule has 22 heavy (non-hydrogen) atoms. The third kappa shape index (κ3) is 3.87. The van der Waals surface area contributed by atoms with Crippen LogP contribution < -0.4 is 0 Å². The highest BCUT2D eigenvalue weighted by molar-refractivity contribution is 5.29. The van der Waals surface area contributed by atoms with Crippen molar-refractivity contribution >= 4 is 0 Å². The Morgan fingerprint density at radius 2 is 1.77 bits per heavy atom. The maximum Gasteiger partial charge on any atom is 0.416 e. The molecule has 118 valence electrons. The van der Waals surface area contributed by atoms with Gasteiger partial charge in [0.25, 0.3) is 0 Å². The third-order valence-corrected chi connectivity index (χ3v) is 3.84. The van der Waals surface area contributed by atoms with Crippen LogP contribution in [0.2, 0.25) is 0 Å². The molecule has 1 aromatic rings. The zero-order valence-electron chi connectivity index (χ0n) is 12.2. The van der Waals surface area contributed by atoms with Gasteiger partial charge in [0.05, 0.1) is 11.6 Å². The second-order valence-corrected chi connectivity index (χ2v) is 5.28. The molecular formula is C16H18F3N3. The van der Waals surface area contributed by atoms with Gasteiger partial charge < -0.3 is 0 Å². The summed E-state index contributed by atoms with van der Waals surface area (Å²) >= 11 is 0. The summed E-state index contributed by atoms with van der Waals surface area (Å²) in [5.74, 6) is 0. The quantitative estimate of drug-likeness (QED) is 0.801. The highest BCUT2D eigenvalue weighted by Crippen LogP contribution is 2.30. The minimum absolute atomic E-state index is 0.506. The highest BCUT2D eigenvalue weighted by atomic mass is 19.4. The lowest BCUT2D eigenvalue weighted by molar-refractivity contribution is -0.137. The van der Waals surface area contributed by atoms with E-state index in [0.29, 0.717) is 18.7 Å². The van der Waals surface area contributed by atoms with Crippen molar-refractivity contribution < 1.29 is 13.2 Å². The summed E-state index contributed by atoms with van der Waals surface area (Å²) in [7, 11) is 0. The summed E-state index contributed by atoms with van der Waals surface area (Å²) < 4.78 is 37.8. The van der Waals surface area contributed by atoms with E-state index in [0.717, 1.165) is 31.8 Å². The number of hydrogen-bond acceptors (Lipinski definition) is 3. The van der Waals surface area contributed by atoms with E-state index in [1.54, 1.807) is 0 Å². The van der Waals surface area contributed by atoms with Crippen molar-refractivity contribution in [3.63, 3.8) is 0 Å². The van der Waals surface area contributed by atoms with Gasteiger partial charge in [0.1, 0.15) is 6.04 Å². The van der Waals surface area contributed by atoms with Crippen molar-refractivity contribution in [1.29, 1.82) is 5.26 Å². The van der Waals surface area contributed by atoms with Crippen molar-refractivity contribution in [2.24, 2.45) is 0 Å². The number of alkyl halides is 3. The molecule has 0 spiro atoms. The third-order valence-electron chi connectivity index (χ3n) is 3.84. The molecule has 0 saturated carbocycles. The van der Waals surface area contributed by atoms with Gasteiger partial charge in [0, 0.05) is 32.7 Å². The molecular weight excluding hydrogens is 291 g/mol. The fourth-order valence-corrected chi connectivity index (χ4v) is 2.61. The van der Waals surface area contributed by atoms with Crippen molar-refractivity contribution in [3.05, 3.63) is 48.0 Å². The molecule has 1 fully saturated rings. The average Bonchev–Trinajstić information content (AvgIpc) is 2.50. The molecule has 1 atom stereocenters. The van der Waals surface area contributed by atoms with E-state index < -0.39 is 17.8 Å². The first kappa shape index (κ1) is 16.5. The van der Waals surface area contributed by atoms with Crippen LogP contribution in [0.3, 0.4) is 0 Å². The lowest BCUT2D eigenvalue weighted by atomic mass is 10.0. The fourth-order valence-electron chi connectivity index (χ4n) is 2.61. The van der Waals surface area contributed by atoms with Gasteiger partial charge in [-0.05, 0) is 17.7 Å². The van der Waals surface area contributed by atoms with Crippen LogP contribution >= 0.6 is 0 Å². The predicted molar refractivity (Wildman–Crippen MR) is 78.0 cm³/mol. The Kier molecular flexibility index (Phi) is 5.22. The van der Waals surface area contributed by atoms with E-state index >= 15 is 0 Å². The van der Waals surface area contributed by atoms with Crippen molar-refractivity contribution in [2.75, 3.05) is 32.7 Å². The van der Waals surface area contributed by atoms with Gasteiger partial charge in [-0.3, -0.25) is 9.80 Å². The van der Waals surface area contributed by atoms with Crippen LogP contribution in [0.15, 0.2) is 36.9 Å². The molecule has 2 rings (SSSR count). The lowest BCUT2D eigenvalue weighted by Gasteiger charge is -2.36. The standard InChI is InChI=1S/C16H18F3N3/c1-2-7-21-8-10-22(11-9-21)15(12-20)13-3-5-14(6-4-13)16(17,18)19/h2-6,15H,1,7-11H2. The van der Waals surface area contributed by atoms with E-state index in [9.17, 15) is 18.4 Å². The topological polar surface area (TPSA) is 30.3 Å². The molecule has 1 aliphatic heterocycles. The smallest absolute Gasteiger partial charge is 0.297 e. The number of piperazine rings is 1. The van der Waals surface area contributed by atoms with Crippen LogP contribution in [0, 0.1) is 11.3 Å². The largest absolute Gasteiger partial charge is 0.416 e. The van der Waals surface area contributed by atoms with Crippen molar-refractivity contribution in [3.8, 4) is 6.07 Å². The average molecular weight is 309 g/mol. The van der Waals surface area contributed by atoms with E-state index in [2.05, 4.69) is 17.5 Å². The van der Waals surface area contributed by atoms with Crippen LogP contribution in [0.5, 0.6) is 0 Å². The Bertz CT molecular complexity index is 537. The maximum atomic E-state index is 12.6. The molecule has 0 radical (unpaired) electrons. The lowest BCUT2D eigenvalue weighted by Crippen LogP contribution is -2.47. The molecule has 1 heterocycles. The Labute approximate surface area is 128 Å². The van der Waals surface area contributed by atoms with Crippen molar-refractivity contribution in [2.45, 2.75) is 12.2 Å². The Balaban J connectivity index is 2.06. The minimum atomic E-state index is -4.35. The maximum absolute atomic E-state index is 12.6. The summed E-state index contributed by atoms with van der Waals surface area (Å²) in [6.45, 7) is 7.59. The number of nitrogens with zero attached hydrogens (tertiary/aromatic N) is 3. The van der Waals surface area contributed by atoms with Gasteiger partial charge in [-0.25, -0.2) is 0 Å². The summed E-state index contributed by atoms with van der Waals surface area (Å²) in [6, 6.07) is 6.55. The van der Waals surface area contributed by atoms with Crippen LogP contribution in [-0.2, 0) is 6.18 Å². The first-order valence-corrected chi connectivity index (χ1v) is 7.10. The van der Waals surface area contributed by atoms with Crippen LogP contribution in [0.25, 0.3) is 0 Å². The molecule has 0 amide bonds. The molecule has 3 nitrogen and oxygen atoms in total. The summed E-state index contributed by atoms with van der Waals surface area (Å²) in [4.78, 5) is 4.23. The van der Waals surface area contributed by atoms with E-state index in [-0.39, 0.29) is 0 Å². The molecule has 0 N–H and O–H groups in total. The van der Waals surface area contributed by atoms with Gasteiger partial charge in [-0.15, -0.1) is 6.58 Å². The number of nitriles is 1. The number of benzene rings is 1. The molecule has 1 unspecified atom stereocenters. The Morgan fingerprint density at radius 1 is 1.18 bits per heavy atom. The molecule has 0 aromatic heterocycles. The summed E-state index contributed by atoms with van der Waals surface area (Å²) in [6.07, 6.45) is -2.51. The minimum Gasteiger partial charge on any atom is -0.297 e. The summed E-state index contributed by atoms with van der Waals surface area (Å²) in [5.41, 5.74) is -0.0867. The molecule has 1 aliphatic rings. The molecule has 1 aromatic carbocycles. The second-order valence-electron chi connectivity index (χ2n) is 5.28. The first-order valence-electron chi connectivity index (χ1n) is 7.10. The molecule has 6 heteroatoms. The zero-order chi connectivity index (χ0) is 16.2. The highest BCUT2D eigenvalue weighted by Gasteiger charge is 2.31. The van der Waals surface area contributed by atoms with Gasteiger partial charge in [0.2, 0.25) is 0 Å². The Hall–Kier alpha value is -1.84. The van der Waals surface area contributed by atoms with Crippen LogP contribution in [0.4, 0.5) is 13.2 Å². The molecule has 0 aliphatic carbocycles. The van der Waals surface area contributed by atoms with Crippen molar-refractivity contribution in [1.82, 2.24) is 9.80 Å². The fraction of sp³-hybridized carbons (Fsp3) is 0.438. The normalized spacial score (nSPS) is 18.6. The second kappa shape index (κ2) is 6.95. The first-order chi connectivity index (χ1) is 10.5. The number of hydrogen-bond donors (Lipinski definition) is 0.